The molecule has 0 saturated heterocycles. The second kappa shape index (κ2) is 10.5. The summed E-state index contributed by atoms with van der Waals surface area (Å²) in [5.41, 5.74) is 0.587. The second-order valence-electron chi connectivity index (χ2n) is 5.20. The van der Waals surface area contributed by atoms with Gasteiger partial charge in [-0.15, -0.1) is 0 Å². The quantitative estimate of drug-likeness (QED) is 0.545. The summed E-state index contributed by atoms with van der Waals surface area (Å²) in [6.07, 6.45) is 0. The third-order valence-electron chi connectivity index (χ3n) is 3.44. The standard InChI is InChI=1S/C18H21F2N3O2S/c1-21-18(22-11-12-26(24)15-8-3-2-4-9-15)23-13-14-7-5-6-10-16(14)25-17(19)20/h2-10,17H,11-13H2,1H3,(H2,21,22,23). The van der Waals surface area contributed by atoms with Crippen molar-refractivity contribution in [3.05, 3.63) is 60.2 Å². The van der Waals surface area contributed by atoms with Crippen molar-refractivity contribution in [2.24, 2.45) is 4.99 Å². The van der Waals surface area contributed by atoms with E-state index in [1.165, 1.54) is 6.07 Å². The molecule has 0 spiro atoms. The van der Waals surface area contributed by atoms with Gasteiger partial charge >= 0.3 is 6.61 Å². The highest BCUT2D eigenvalue weighted by atomic mass is 32.2. The van der Waals surface area contributed by atoms with Gasteiger partial charge in [-0.05, 0) is 18.2 Å². The number of hydrogen-bond acceptors (Lipinski definition) is 3. The minimum Gasteiger partial charge on any atom is -0.434 e. The first-order chi connectivity index (χ1) is 12.6. The fourth-order valence-electron chi connectivity index (χ4n) is 2.21. The normalized spacial score (nSPS) is 12.7. The zero-order valence-corrected chi connectivity index (χ0v) is 15.1. The van der Waals surface area contributed by atoms with Gasteiger partial charge in [0.05, 0.1) is 10.8 Å². The molecule has 0 radical (unpaired) electrons. The van der Waals surface area contributed by atoms with Crippen LogP contribution in [0.5, 0.6) is 5.75 Å². The molecular formula is C18H21F2N3O2S. The summed E-state index contributed by atoms with van der Waals surface area (Å²) in [7, 11) is 0.502. The number of aliphatic imine (C=N–C) groups is 1. The highest BCUT2D eigenvalue weighted by Gasteiger charge is 2.09. The summed E-state index contributed by atoms with van der Waals surface area (Å²) in [5.74, 6) is 1.04. The number of hydrogen-bond donors (Lipinski definition) is 2. The Morgan fingerprint density at radius 3 is 2.50 bits per heavy atom. The fourth-order valence-corrected chi connectivity index (χ4v) is 3.20. The lowest BCUT2D eigenvalue weighted by Crippen LogP contribution is -2.38. The first kappa shape index (κ1) is 19.8. The Kier molecular flexibility index (Phi) is 8.01. The van der Waals surface area contributed by atoms with Crippen LogP contribution >= 0.6 is 0 Å². The Bertz CT molecular complexity index is 742. The largest absolute Gasteiger partial charge is 0.434 e. The van der Waals surface area contributed by atoms with Crippen molar-refractivity contribution in [3.8, 4) is 5.75 Å². The van der Waals surface area contributed by atoms with E-state index in [4.69, 9.17) is 0 Å². The van der Waals surface area contributed by atoms with Gasteiger partial charge in [0.15, 0.2) is 5.96 Å². The van der Waals surface area contributed by atoms with Gasteiger partial charge in [-0.3, -0.25) is 9.20 Å². The number of halogens is 2. The van der Waals surface area contributed by atoms with Crippen LogP contribution in [0.1, 0.15) is 5.56 Å². The Morgan fingerprint density at radius 1 is 1.12 bits per heavy atom. The molecule has 1 atom stereocenters. The van der Waals surface area contributed by atoms with Crippen LogP contribution in [-0.2, 0) is 17.3 Å². The van der Waals surface area contributed by atoms with E-state index >= 15 is 0 Å². The summed E-state index contributed by atoms with van der Waals surface area (Å²) in [4.78, 5) is 4.84. The zero-order valence-electron chi connectivity index (χ0n) is 14.3. The first-order valence-corrected chi connectivity index (χ1v) is 9.32. The Balaban J connectivity index is 1.82. The third kappa shape index (κ3) is 6.44. The highest BCUT2D eigenvalue weighted by molar-refractivity contribution is 7.85. The molecule has 5 nitrogen and oxygen atoms in total. The van der Waals surface area contributed by atoms with Gasteiger partial charge in [0.1, 0.15) is 5.75 Å². The molecule has 26 heavy (non-hydrogen) atoms. The molecule has 2 rings (SSSR count). The van der Waals surface area contributed by atoms with Crippen LogP contribution in [0.3, 0.4) is 0 Å². The van der Waals surface area contributed by atoms with E-state index in [1.807, 2.05) is 30.3 Å². The molecule has 2 aromatic rings. The second-order valence-corrected chi connectivity index (χ2v) is 6.77. The van der Waals surface area contributed by atoms with Crippen molar-refractivity contribution >= 4 is 16.8 Å². The lowest BCUT2D eigenvalue weighted by Gasteiger charge is -2.14. The van der Waals surface area contributed by atoms with Gasteiger partial charge in [0, 0.05) is 36.3 Å². The monoisotopic (exact) mass is 381 g/mol. The average molecular weight is 381 g/mol. The van der Waals surface area contributed by atoms with Crippen LogP contribution in [-0.4, -0.2) is 36.1 Å². The van der Waals surface area contributed by atoms with Crippen molar-refractivity contribution in [2.45, 2.75) is 18.1 Å². The number of nitrogens with zero attached hydrogens (tertiary/aromatic N) is 1. The van der Waals surface area contributed by atoms with Crippen LogP contribution in [0.25, 0.3) is 0 Å². The summed E-state index contributed by atoms with van der Waals surface area (Å²) in [6, 6.07) is 15.8. The fraction of sp³-hybridized carbons (Fsp3) is 0.278. The van der Waals surface area contributed by atoms with Crippen molar-refractivity contribution < 1.29 is 17.7 Å². The van der Waals surface area contributed by atoms with Gasteiger partial charge in [0.25, 0.3) is 0 Å². The maximum Gasteiger partial charge on any atom is 0.387 e. The molecule has 0 aromatic heterocycles. The Labute approximate surface area is 153 Å². The average Bonchev–Trinajstić information content (AvgIpc) is 2.65. The predicted octanol–water partition coefficient (Wildman–Crippen LogP) is 2.76. The summed E-state index contributed by atoms with van der Waals surface area (Å²) in [6.45, 7) is -2.15. The number of nitrogens with one attached hydrogen (secondary N) is 2. The number of guanidine groups is 1. The number of para-hydroxylation sites is 1. The highest BCUT2D eigenvalue weighted by Crippen LogP contribution is 2.19. The molecule has 140 valence electrons. The predicted molar refractivity (Wildman–Crippen MR) is 99.0 cm³/mol. The summed E-state index contributed by atoms with van der Waals surface area (Å²) >= 11 is 0. The van der Waals surface area contributed by atoms with E-state index in [1.54, 1.807) is 25.2 Å². The first-order valence-electron chi connectivity index (χ1n) is 8.01. The van der Waals surface area contributed by atoms with Crippen LogP contribution in [0.4, 0.5) is 8.78 Å². The van der Waals surface area contributed by atoms with E-state index < -0.39 is 17.4 Å². The van der Waals surface area contributed by atoms with E-state index in [0.29, 0.717) is 23.8 Å². The molecule has 0 saturated carbocycles. The number of rotatable bonds is 8. The molecule has 8 heteroatoms. The zero-order chi connectivity index (χ0) is 18.8. The number of ether oxygens (including phenoxy) is 1. The molecule has 0 heterocycles. The van der Waals surface area contributed by atoms with Gasteiger partial charge < -0.3 is 15.4 Å². The van der Waals surface area contributed by atoms with Gasteiger partial charge in [0.2, 0.25) is 0 Å². The number of alkyl halides is 2. The molecule has 0 bridgehead atoms. The van der Waals surface area contributed by atoms with Crippen molar-refractivity contribution in [2.75, 3.05) is 19.3 Å². The minimum atomic E-state index is -2.87. The van der Waals surface area contributed by atoms with Crippen LogP contribution in [0.15, 0.2) is 64.5 Å². The van der Waals surface area contributed by atoms with Crippen LogP contribution in [0.2, 0.25) is 0 Å². The third-order valence-corrected chi connectivity index (χ3v) is 4.82. The number of benzene rings is 2. The molecule has 1 unspecified atom stereocenters. The lowest BCUT2D eigenvalue weighted by atomic mass is 10.2. The van der Waals surface area contributed by atoms with E-state index in [9.17, 15) is 13.0 Å². The minimum absolute atomic E-state index is 0.121. The molecule has 0 aliphatic heterocycles. The molecule has 0 amide bonds. The molecule has 2 aromatic carbocycles. The van der Waals surface area contributed by atoms with E-state index in [0.717, 1.165) is 4.90 Å². The molecule has 0 aliphatic carbocycles. The maximum absolute atomic E-state index is 12.4. The van der Waals surface area contributed by atoms with Gasteiger partial charge in [-0.2, -0.15) is 8.78 Å². The van der Waals surface area contributed by atoms with Crippen molar-refractivity contribution in [3.63, 3.8) is 0 Å². The van der Waals surface area contributed by atoms with Gasteiger partial charge in [-0.1, -0.05) is 36.4 Å². The smallest absolute Gasteiger partial charge is 0.387 e. The Morgan fingerprint density at radius 2 is 1.81 bits per heavy atom. The molecule has 0 fully saturated rings. The van der Waals surface area contributed by atoms with Crippen molar-refractivity contribution in [1.82, 2.24) is 10.6 Å². The lowest BCUT2D eigenvalue weighted by molar-refractivity contribution is -0.0504. The van der Waals surface area contributed by atoms with E-state index in [2.05, 4.69) is 20.4 Å². The van der Waals surface area contributed by atoms with Crippen molar-refractivity contribution in [1.29, 1.82) is 0 Å². The summed E-state index contributed by atoms with van der Waals surface area (Å²) < 4.78 is 41.5. The van der Waals surface area contributed by atoms with Crippen LogP contribution < -0.4 is 15.4 Å². The van der Waals surface area contributed by atoms with E-state index in [-0.39, 0.29) is 12.3 Å². The maximum atomic E-state index is 12.4. The molecular weight excluding hydrogens is 360 g/mol. The topological polar surface area (TPSA) is 62.7 Å². The molecule has 2 N–H and O–H groups in total. The SMILES string of the molecule is CN=C(NCCS(=O)c1ccccc1)NCc1ccccc1OC(F)F. The molecule has 0 aliphatic rings. The Hall–Kier alpha value is -2.48. The van der Waals surface area contributed by atoms with Gasteiger partial charge in [-0.25, -0.2) is 0 Å². The summed E-state index contributed by atoms with van der Waals surface area (Å²) in [5, 5.41) is 6.09. The van der Waals surface area contributed by atoms with Crippen LogP contribution in [0, 0.1) is 0 Å².